The lowest BCUT2D eigenvalue weighted by molar-refractivity contribution is 1.07. The van der Waals surface area contributed by atoms with Gasteiger partial charge in [-0.3, -0.25) is 0 Å². The largest absolute Gasteiger partial charge is 0.208 e. The van der Waals surface area contributed by atoms with Crippen LogP contribution in [0.1, 0.15) is 26.0 Å². The zero-order valence-electron chi connectivity index (χ0n) is 44.0. The van der Waals surface area contributed by atoms with Crippen LogP contribution in [-0.2, 0) is 0 Å². The first-order chi connectivity index (χ1) is 32.2. The average Bonchev–Trinajstić information content (AvgIpc) is 3.74. The van der Waals surface area contributed by atoms with Crippen LogP contribution < -0.4 is 0 Å². The van der Waals surface area contributed by atoms with Crippen LogP contribution in [0.3, 0.4) is 0 Å². The normalized spacial score (nSPS) is 16.7. The molecule has 3 nitrogen and oxygen atoms in total. The molecule has 0 spiro atoms. The van der Waals surface area contributed by atoms with Gasteiger partial charge in [-0.1, -0.05) is 145 Å². The second-order valence-electron chi connectivity index (χ2n) is 10.5. The third-order valence-electron chi connectivity index (χ3n) is 7.50. The summed E-state index contributed by atoms with van der Waals surface area (Å²) in [5, 5.41) is -0.470. The second kappa shape index (κ2) is 12.4. The molecule has 49 heavy (non-hydrogen) atoms. The summed E-state index contributed by atoms with van der Waals surface area (Å²) in [4.78, 5) is 14.0. The lowest BCUT2D eigenvalue weighted by Crippen LogP contribution is -1.99. The molecule has 0 aliphatic carbocycles. The maximum atomic E-state index is 9.70. The van der Waals surface area contributed by atoms with Gasteiger partial charge >= 0.3 is 0 Å². The zero-order chi connectivity index (χ0) is 49.1. The van der Waals surface area contributed by atoms with Crippen LogP contribution in [-0.4, -0.2) is 15.0 Å². The van der Waals surface area contributed by atoms with Crippen molar-refractivity contribution in [3.05, 3.63) is 175 Å². The third-order valence-corrected chi connectivity index (χ3v) is 8.52. The molecule has 0 N–H and O–H groups in total. The Hall–Kier alpha value is -6.23. The molecule has 0 aliphatic heterocycles. The molecule has 0 unspecified atom stereocenters. The van der Waals surface area contributed by atoms with Crippen molar-refractivity contribution in [1.82, 2.24) is 15.0 Å². The Kier molecular flexibility index (Phi) is 3.89. The molecule has 0 atom stereocenters. The van der Waals surface area contributed by atoms with E-state index in [0.717, 1.165) is 11.3 Å². The molecule has 2 heterocycles. The second-order valence-corrected chi connectivity index (χ2v) is 11.6. The summed E-state index contributed by atoms with van der Waals surface area (Å²) in [5.74, 6) is 0.241. The third kappa shape index (κ3) is 5.58. The van der Waals surface area contributed by atoms with Crippen molar-refractivity contribution in [3.8, 4) is 67.5 Å². The van der Waals surface area contributed by atoms with Crippen molar-refractivity contribution < 1.29 is 26.0 Å². The van der Waals surface area contributed by atoms with Crippen molar-refractivity contribution in [2.45, 2.75) is 0 Å². The van der Waals surface area contributed by atoms with Gasteiger partial charge in [0.25, 0.3) is 0 Å². The lowest BCUT2D eigenvalue weighted by Gasteiger charge is -2.12. The Labute approximate surface area is 315 Å². The topological polar surface area (TPSA) is 38.7 Å². The Balaban J connectivity index is 1.45. The smallest absolute Gasteiger partial charge is 0.164 e. The van der Waals surface area contributed by atoms with E-state index in [1.807, 2.05) is 0 Å². The Morgan fingerprint density at radius 2 is 0.918 bits per heavy atom. The molecule has 0 fully saturated rings. The van der Waals surface area contributed by atoms with Crippen LogP contribution in [0.15, 0.2) is 175 Å². The zero-order valence-corrected chi connectivity index (χ0v) is 25.8. The molecule has 7 aromatic carbocycles. The van der Waals surface area contributed by atoms with Crippen molar-refractivity contribution in [1.29, 1.82) is 0 Å². The summed E-state index contributed by atoms with van der Waals surface area (Å²) in [6.07, 6.45) is 0. The monoisotopic (exact) mass is 662 g/mol. The van der Waals surface area contributed by atoms with Crippen LogP contribution in [0.25, 0.3) is 87.7 Å². The number of rotatable bonds is 6. The van der Waals surface area contributed by atoms with Crippen molar-refractivity contribution in [3.63, 3.8) is 0 Å². The molecule has 0 radical (unpaired) electrons. The first kappa shape index (κ1) is 15.3. The number of aromatic nitrogens is 3. The first-order valence-corrected chi connectivity index (χ1v) is 15.6. The van der Waals surface area contributed by atoms with E-state index in [0.29, 0.717) is 11.1 Å². The van der Waals surface area contributed by atoms with Gasteiger partial charge in [0.2, 0.25) is 0 Å². The van der Waals surface area contributed by atoms with Crippen molar-refractivity contribution in [2.75, 3.05) is 0 Å². The number of benzene rings is 7. The molecule has 9 rings (SSSR count). The van der Waals surface area contributed by atoms with E-state index in [2.05, 4.69) is 15.0 Å². The van der Waals surface area contributed by atoms with Gasteiger partial charge in [-0.05, 0) is 63.6 Å². The maximum Gasteiger partial charge on any atom is 0.164 e. The van der Waals surface area contributed by atoms with Crippen LogP contribution in [0, 0.1) is 0 Å². The summed E-state index contributed by atoms with van der Waals surface area (Å²) >= 11 is 0.743. The predicted molar refractivity (Wildman–Crippen MR) is 205 cm³/mol. The fourth-order valence-corrected chi connectivity index (χ4v) is 6.28. The summed E-state index contributed by atoms with van der Waals surface area (Å²) in [6.45, 7) is 0. The van der Waals surface area contributed by atoms with Crippen molar-refractivity contribution >= 4 is 31.5 Å². The highest BCUT2D eigenvalue weighted by Crippen LogP contribution is 2.43. The predicted octanol–water partition coefficient (Wildman–Crippen LogP) is 12.2. The fourth-order valence-electron chi connectivity index (χ4n) is 5.26. The van der Waals surface area contributed by atoms with Gasteiger partial charge in [0.15, 0.2) is 17.5 Å². The van der Waals surface area contributed by atoms with Crippen LogP contribution in [0.5, 0.6) is 0 Å². The van der Waals surface area contributed by atoms with E-state index >= 15 is 0 Å². The molecule has 0 aliphatic rings. The van der Waals surface area contributed by atoms with Crippen LogP contribution in [0.2, 0.25) is 0 Å². The molecular weight excluding hydrogens is 615 g/mol. The maximum absolute atomic E-state index is 9.70. The van der Waals surface area contributed by atoms with Crippen molar-refractivity contribution in [2.24, 2.45) is 0 Å². The highest BCUT2D eigenvalue weighted by Gasteiger charge is 2.17. The van der Waals surface area contributed by atoms with E-state index in [1.165, 1.54) is 0 Å². The van der Waals surface area contributed by atoms with E-state index < -0.39 is 148 Å². The Morgan fingerprint density at radius 3 is 1.49 bits per heavy atom. The Morgan fingerprint density at radius 1 is 0.388 bits per heavy atom. The highest BCUT2D eigenvalue weighted by atomic mass is 32.1. The quantitative estimate of drug-likeness (QED) is 0.178. The van der Waals surface area contributed by atoms with E-state index in [9.17, 15) is 9.60 Å². The number of fused-ring (bicyclic) bond motifs is 3. The van der Waals surface area contributed by atoms with Gasteiger partial charge in [0, 0.05) is 36.9 Å². The fraction of sp³-hybridized carbons (Fsp3) is 0. The van der Waals surface area contributed by atoms with Gasteiger partial charge in [-0.25, -0.2) is 15.0 Å². The summed E-state index contributed by atoms with van der Waals surface area (Å²) in [5.41, 5.74) is -3.21. The molecule has 4 heteroatoms. The van der Waals surface area contributed by atoms with E-state index in [4.69, 9.17) is 16.4 Å². The molecule has 0 bridgehead atoms. The minimum Gasteiger partial charge on any atom is -0.208 e. The SMILES string of the molecule is [2H]c1c([2H])c([2H])c(-c2c([2H])c(-c3c([2H])c([2H])c([2H])c([2H])c3[2H])c([2H])c(-c3c([2H])c([2H])c([2H])c4sc5c([2H])c(-c6nc(-c7ccccc7)nc(-c7ccccc7)n6)c([2H])c([2H])c5c34)c2[2H])c([2H])c1[2H]. The van der Waals surface area contributed by atoms with Gasteiger partial charge < -0.3 is 0 Å². The van der Waals surface area contributed by atoms with Gasteiger partial charge in [-0.2, -0.15) is 0 Å². The van der Waals surface area contributed by atoms with Crippen LogP contribution >= 0.6 is 11.3 Å². The Bertz CT molecular complexity index is 3460. The minimum atomic E-state index is -0.934. The summed E-state index contributed by atoms with van der Waals surface area (Å²) < 4.78 is 170. The average molecular weight is 663 g/mol. The first-order valence-electron chi connectivity index (χ1n) is 24.3. The summed E-state index contributed by atoms with van der Waals surface area (Å²) in [6, 6.07) is 2.61. The van der Waals surface area contributed by atoms with Gasteiger partial charge in [0.1, 0.15) is 0 Å². The highest BCUT2D eigenvalue weighted by molar-refractivity contribution is 7.26. The molecule has 2 aromatic heterocycles. The lowest BCUT2D eigenvalue weighted by atomic mass is 9.91. The molecule has 230 valence electrons. The van der Waals surface area contributed by atoms with Gasteiger partial charge in [0.05, 0.1) is 26.0 Å². The van der Waals surface area contributed by atoms with E-state index in [-0.39, 0.29) is 43.2 Å². The number of thiophene rings is 1. The molecule has 0 amide bonds. The number of hydrogen-bond donors (Lipinski definition) is 0. The minimum absolute atomic E-state index is 0.0504. The summed E-state index contributed by atoms with van der Waals surface area (Å²) in [7, 11) is 0. The van der Waals surface area contributed by atoms with Gasteiger partial charge in [-0.15, -0.1) is 11.3 Å². The molecule has 9 aromatic rings. The molecule has 0 saturated heterocycles. The number of hydrogen-bond acceptors (Lipinski definition) is 4. The molecule has 0 saturated carbocycles. The van der Waals surface area contributed by atoms with E-state index in [1.54, 1.807) is 60.7 Å². The molecular formula is C45H29N3S. The van der Waals surface area contributed by atoms with Crippen LogP contribution in [0.4, 0.5) is 0 Å². The standard InChI is InChI=1S/C45H29N3S/c1-5-14-30(15-6-1)35-26-36(31-16-7-2-8-17-31)28-37(27-35)38-22-13-23-40-42(38)39-25-24-34(29-41(39)49-40)45-47-43(32-18-9-3-10-19-32)46-44(48-45)33-20-11-4-12-21-33/h1-29H/i1D,2D,5D,6D,7D,8D,13D,14D,15D,16D,17D,22D,23D,24D,25D,26D,27D,28D,29D. The number of nitrogens with zero attached hydrogens (tertiary/aromatic N) is 3.